The van der Waals surface area contributed by atoms with E-state index in [1.165, 1.54) is 17.7 Å². The maximum Gasteiger partial charge on any atom is 0.226 e. The number of likely N-dealkylation sites (tertiary alicyclic amines) is 1. The summed E-state index contributed by atoms with van der Waals surface area (Å²) in [5, 5.41) is 0. The van der Waals surface area contributed by atoms with Gasteiger partial charge >= 0.3 is 0 Å². The highest BCUT2D eigenvalue weighted by atomic mass is 16.2. The summed E-state index contributed by atoms with van der Waals surface area (Å²) >= 11 is 0. The first-order valence-electron chi connectivity index (χ1n) is 10.3. The van der Waals surface area contributed by atoms with Gasteiger partial charge in [0, 0.05) is 38.3 Å². The van der Waals surface area contributed by atoms with Gasteiger partial charge in [-0.1, -0.05) is 36.8 Å². The predicted molar refractivity (Wildman–Crippen MR) is 108 cm³/mol. The minimum atomic E-state index is 0.201. The van der Waals surface area contributed by atoms with Crippen molar-refractivity contribution in [1.82, 2.24) is 9.88 Å². The van der Waals surface area contributed by atoms with Gasteiger partial charge in [-0.25, -0.2) is 0 Å². The molecule has 0 saturated carbocycles. The van der Waals surface area contributed by atoms with E-state index in [0.29, 0.717) is 11.8 Å². The Morgan fingerprint density at radius 1 is 0.926 bits per heavy atom. The maximum atomic E-state index is 13.3. The topological polar surface area (TPSA) is 36.4 Å². The molecular formula is C23H29N3O. The average molecular weight is 364 g/mol. The van der Waals surface area contributed by atoms with Crippen LogP contribution in [0.15, 0.2) is 54.9 Å². The van der Waals surface area contributed by atoms with Gasteiger partial charge in [0.2, 0.25) is 5.91 Å². The van der Waals surface area contributed by atoms with Crippen molar-refractivity contribution < 1.29 is 4.79 Å². The lowest BCUT2D eigenvalue weighted by molar-refractivity contribution is -0.137. The van der Waals surface area contributed by atoms with Gasteiger partial charge in [-0.15, -0.1) is 0 Å². The molecule has 3 heterocycles. The van der Waals surface area contributed by atoms with E-state index in [1.807, 2.05) is 24.5 Å². The molecule has 2 aliphatic heterocycles. The second-order valence-corrected chi connectivity index (χ2v) is 7.88. The molecule has 1 amide bonds. The molecule has 27 heavy (non-hydrogen) atoms. The molecule has 0 aliphatic carbocycles. The number of hydrogen-bond acceptors (Lipinski definition) is 3. The van der Waals surface area contributed by atoms with Crippen LogP contribution in [0.4, 0.5) is 5.69 Å². The molecule has 0 radical (unpaired) electrons. The van der Waals surface area contributed by atoms with E-state index in [4.69, 9.17) is 0 Å². The molecule has 1 atom stereocenters. The molecule has 2 saturated heterocycles. The molecule has 4 heteroatoms. The van der Waals surface area contributed by atoms with Crippen LogP contribution < -0.4 is 4.90 Å². The number of hydrogen-bond donors (Lipinski definition) is 0. The summed E-state index contributed by atoms with van der Waals surface area (Å²) in [7, 11) is 0. The van der Waals surface area contributed by atoms with Gasteiger partial charge in [0.15, 0.2) is 0 Å². The molecule has 4 rings (SSSR count). The van der Waals surface area contributed by atoms with Crippen molar-refractivity contribution in [3.8, 4) is 0 Å². The molecule has 0 bridgehead atoms. The standard InChI is InChI=1S/C23H29N3O/c27-23-22(10-4-5-14-26(23)18-19-7-2-1-3-8-19)20-11-15-25(16-12-20)21-9-6-13-24-17-21/h1-3,6-9,13,17,20,22H,4-5,10-12,14-16,18H2/t22-/m1/s1. The Morgan fingerprint density at radius 3 is 2.48 bits per heavy atom. The third-order valence-electron chi connectivity index (χ3n) is 6.16. The highest BCUT2D eigenvalue weighted by Gasteiger charge is 2.35. The number of aromatic nitrogens is 1. The Morgan fingerprint density at radius 2 is 1.74 bits per heavy atom. The molecule has 142 valence electrons. The van der Waals surface area contributed by atoms with E-state index in [1.54, 1.807) is 0 Å². The summed E-state index contributed by atoms with van der Waals surface area (Å²) < 4.78 is 0. The SMILES string of the molecule is O=C1[C@@H](C2CCN(c3cccnc3)CC2)CCCCN1Cc1ccccc1. The minimum Gasteiger partial charge on any atom is -0.370 e. The second kappa shape index (κ2) is 8.55. The summed E-state index contributed by atoms with van der Waals surface area (Å²) in [4.78, 5) is 22.1. The van der Waals surface area contributed by atoms with E-state index in [-0.39, 0.29) is 5.92 Å². The maximum absolute atomic E-state index is 13.3. The van der Waals surface area contributed by atoms with Crippen LogP contribution in [0.5, 0.6) is 0 Å². The third kappa shape index (κ3) is 4.32. The van der Waals surface area contributed by atoms with Gasteiger partial charge in [0.25, 0.3) is 0 Å². The van der Waals surface area contributed by atoms with Crippen LogP contribution >= 0.6 is 0 Å². The Bertz CT molecular complexity index is 726. The van der Waals surface area contributed by atoms with Crippen LogP contribution in [0, 0.1) is 11.8 Å². The number of nitrogens with zero attached hydrogens (tertiary/aromatic N) is 3. The quantitative estimate of drug-likeness (QED) is 0.820. The number of pyridine rings is 1. The van der Waals surface area contributed by atoms with E-state index in [0.717, 1.165) is 51.9 Å². The highest BCUT2D eigenvalue weighted by molar-refractivity contribution is 5.79. The van der Waals surface area contributed by atoms with Crippen LogP contribution in [-0.4, -0.2) is 35.4 Å². The fourth-order valence-corrected chi connectivity index (χ4v) is 4.63. The van der Waals surface area contributed by atoms with Crippen molar-refractivity contribution >= 4 is 11.6 Å². The lowest BCUT2D eigenvalue weighted by Gasteiger charge is -2.37. The third-order valence-corrected chi connectivity index (χ3v) is 6.16. The van der Waals surface area contributed by atoms with Crippen molar-refractivity contribution in [3.63, 3.8) is 0 Å². The van der Waals surface area contributed by atoms with Crippen LogP contribution in [-0.2, 0) is 11.3 Å². The summed E-state index contributed by atoms with van der Waals surface area (Å²) in [6, 6.07) is 14.5. The molecule has 4 nitrogen and oxygen atoms in total. The van der Waals surface area contributed by atoms with E-state index >= 15 is 0 Å². The zero-order valence-corrected chi connectivity index (χ0v) is 16.0. The summed E-state index contributed by atoms with van der Waals surface area (Å²) in [5.74, 6) is 1.10. The Balaban J connectivity index is 1.40. The monoisotopic (exact) mass is 363 g/mol. The Kier molecular flexibility index (Phi) is 5.71. The second-order valence-electron chi connectivity index (χ2n) is 7.88. The van der Waals surface area contributed by atoms with Gasteiger partial charge in [-0.2, -0.15) is 0 Å². The van der Waals surface area contributed by atoms with Crippen molar-refractivity contribution in [2.45, 2.75) is 38.6 Å². The average Bonchev–Trinajstić information content (AvgIpc) is 2.91. The van der Waals surface area contributed by atoms with Crippen molar-refractivity contribution in [3.05, 3.63) is 60.4 Å². The Labute approximate surface area is 162 Å². The number of rotatable bonds is 4. The lowest BCUT2D eigenvalue weighted by atomic mass is 9.81. The van der Waals surface area contributed by atoms with E-state index in [9.17, 15) is 4.79 Å². The van der Waals surface area contributed by atoms with Gasteiger partial charge in [0.1, 0.15) is 0 Å². The van der Waals surface area contributed by atoms with Crippen molar-refractivity contribution in [2.24, 2.45) is 11.8 Å². The zero-order valence-electron chi connectivity index (χ0n) is 16.0. The van der Waals surface area contributed by atoms with E-state index < -0.39 is 0 Å². The smallest absolute Gasteiger partial charge is 0.226 e. The Hall–Kier alpha value is -2.36. The molecule has 0 N–H and O–H groups in total. The molecule has 2 aliphatic rings. The van der Waals surface area contributed by atoms with Gasteiger partial charge in [0.05, 0.1) is 11.9 Å². The molecule has 2 aromatic rings. The number of amides is 1. The highest BCUT2D eigenvalue weighted by Crippen LogP contribution is 2.33. The van der Waals surface area contributed by atoms with Crippen LogP contribution in [0.25, 0.3) is 0 Å². The molecular weight excluding hydrogens is 334 g/mol. The summed E-state index contributed by atoms with van der Waals surface area (Å²) in [5.41, 5.74) is 2.44. The molecule has 0 unspecified atom stereocenters. The lowest BCUT2D eigenvalue weighted by Crippen LogP contribution is -2.42. The summed E-state index contributed by atoms with van der Waals surface area (Å²) in [6.07, 6.45) is 9.32. The van der Waals surface area contributed by atoms with Crippen LogP contribution in [0.2, 0.25) is 0 Å². The number of piperidine rings is 1. The fraction of sp³-hybridized carbons (Fsp3) is 0.478. The van der Waals surface area contributed by atoms with Gasteiger partial charge < -0.3 is 9.80 Å². The molecule has 1 aromatic carbocycles. The zero-order chi connectivity index (χ0) is 18.5. The van der Waals surface area contributed by atoms with Gasteiger partial charge in [-0.3, -0.25) is 9.78 Å². The first-order chi connectivity index (χ1) is 13.3. The predicted octanol–water partition coefficient (Wildman–Crippen LogP) is 4.13. The molecule has 2 fully saturated rings. The van der Waals surface area contributed by atoms with Crippen LogP contribution in [0.1, 0.15) is 37.7 Å². The first kappa shape index (κ1) is 18.0. The van der Waals surface area contributed by atoms with Crippen LogP contribution in [0.3, 0.4) is 0 Å². The first-order valence-corrected chi connectivity index (χ1v) is 10.3. The van der Waals surface area contributed by atoms with Gasteiger partial charge in [-0.05, 0) is 49.3 Å². The number of anilines is 1. The number of benzene rings is 1. The van der Waals surface area contributed by atoms with Crippen molar-refractivity contribution in [2.75, 3.05) is 24.5 Å². The number of carbonyl (C=O) groups is 1. The largest absolute Gasteiger partial charge is 0.370 e. The minimum absolute atomic E-state index is 0.201. The molecule has 0 spiro atoms. The summed E-state index contributed by atoms with van der Waals surface area (Å²) in [6.45, 7) is 3.71. The number of carbonyl (C=O) groups excluding carboxylic acids is 1. The molecule has 1 aromatic heterocycles. The van der Waals surface area contributed by atoms with Crippen molar-refractivity contribution in [1.29, 1.82) is 0 Å². The normalized spacial score (nSPS) is 21.9. The van der Waals surface area contributed by atoms with E-state index in [2.05, 4.69) is 45.1 Å². The fourth-order valence-electron chi connectivity index (χ4n) is 4.63.